The molecule has 0 aliphatic rings. The number of amides is 2. The number of rotatable bonds is 7. The van der Waals surface area contributed by atoms with Crippen LogP contribution in [0.1, 0.15) is 60.8 Å². The van der Waals surface area contributed by atoms with Gasteiger partial charge in [0.15, 0.2) is 0 Å². The first kappa shape index (κ1) is 18.7. The van der Waals surface area contributed by atoms with Gasteiger partial charge in [-0.3, -0.25) is 4.79 Å². The molecule has 0 aliphatic heterocycles. The van der Waals surface area contributed by atoms with Gasteiger partial charge in [0.05, 0.1) is 6.42 Å². The summed E-state index contributed by atoms with van der Waals surface area (Å²) in [5.41, 5.74) is -0.392. The molecule has 0 saturated heterocycles. The average molecular weight is 286 g/mol. The van der Waals surface area contributed by atoms with Gasteiger partial charge in [-0.05, 0) is 46.5 Å². The van der Waals surface area contributed by atoms with E-state index in [9.17, 15) is 9.59 Å². The molecule has 20 heavy (non-hydrogen) atoms. The smallest absolute Gasteiger partial charge is 0.318 e. The minimum atomic E-state index is -0.889. The van der Waals surface area contributed by atoms with Crippen LogP contribution in [0.2, 0.25) is 0 Å². The van der Waals surface area contributed by atoms with E-state index in [4.69, 9.17) is 5.11 Å². The number of urea groups is 1. The average Bonchev–Trinajstić information content (AvgIpc) is 2.24. The fraction of sp³-hybridized carbons (Fsp3) is 0.867. The number of aliphatic carboxylic acids is 1. The number of nitrogens with zero attached hydrogens (tertiary/aromatic N) is 1. The van der Waals surface area contributed by atoms with E-state index < -0.39 is 11.5 Å². The molecular weight excluding hydrogens is 256 g/mol. The minimum absolute atomic E-state index is 0.0366. The molecule has 0 aromatic rings. The van der Waals surface area contributed by atoms with Gasteiger partial charge in [0.25, 0.3) is 0 Å². The largest absolute Gasteiger partial charge is 0.481 e. The molecule has 0 bridgehead atoms. The van der Waals surface area contributed by atoms with E-state index in [1.165, 1.54) is 0 Å². The zero-order valence-corrected chi connectivity index (χ0v) is 13.7. The highest BCUT2D eigenvalue weighted by Gasteiger charge is 2.27. The van der Waals surface area contributed by atoms with Crippen molar-refractivity contribution in [3.8, 4) is 0 Å². The Labute approximate surface area is 122 Å². The van der Waals surface area contributed by atoms with Crippen LogP contribution < -0.4 is 5.32 Å². The van der Waals surface area contributed by atoms with Gasteiger partial charge in [0.1, 0.15) is 0 Å². The quantitative estimate of drug-likeness (QED) is 0.755. The highest BCUT2D eigenvalue weighted by Crippen LogP contribution is 2.15. The van der Waals surface area contributed by atoms with E-state index >= 15 is 0 Å². The Morgan fingerprint density at radius 3 is 2.10 bits per heavy atom. The zero-order chi connectivity index (χ0) is 15.9. The minimum Gasteiger partial charge on any atom is -0.481 e. The maximum Gasteiger partial charge on any atom is 0.318 e. The number of carbonyl (C=O) groups is 2. The lowest BCUT2D eigenvalue weighted by molar-refractivity contribution is -0.137. The second-order valence-corrected chi connectivity index (χ2v) is 6.79. The third kappa shape index (κ3) is 8.02. The van der Waals surface area contributed by atoms with Crippen molar-refractivity contribution in [3.63, 3.8) is 0 Å². The molecule has 0 aromatic heterocycles. The van der Waals surface area contributed by atoms with Crippen molar-refractivity contribution in [2.24, 2.45) is 5.92 Å². The summed E-state index contributed by atoms with van der Waals surface area (Å²) in [6, 6.07) is -0.0883. The predicted molar refractivity (Wildman–Crippen MR) is 80.8 cm³/mol. The molecule has 0 spiro atoms. The summed E-state index contributed by atoms with van der Waals surface area (Å²) in [4.78, 5) is 24.6. The van der Waals surface area contributed by atoms with Gasteiger partial charge in [-0.15, -0.1) is 0 Å². The highest BCUT2D eigenvalue weighted by molar-refractivity contribution is 5.76. The number of hydrogen-bond acceptors (Lipinski definition) is 2. The van der Waals surface area contributed by atoms with Crippen LogP contribution in [0.25, 0.3) is 0 Å². The summed E-state index contributed by atoms with van der Waals surface area (Å²) in [5, 5.41) is 11.7. The fourth-order valence-corrected chi connectivity index (χ4v) is 1.89. The lowest BCUT2D eigenvalue weighted by Crippen LogP contribution is -2.52. The molecule has 0 aliphatic carbocycles. The first-order valence-corrected chi connectivity index (χ1v) is 7.34. The molecule has 1 atom stereocenters. The Bertz CT molecular complexity index is 322. The number of hydrogen-bond donors (Lipinski definition) is 2. The molecule has 0 fully saturated rings. The fourth-order valence-electron chi connectivity index (χ4n) is 1.89. The van der Waals surface area contributed by atoms with Crippen LogP contribution in [0.15, 0.2) is 0 Å². The predicted octanol–water partition coefficient (Wildman–Crippen LogP) is 3.10. The Morgan fingerprint density at radius 2 is 1.70 bits per heavy atom. The molecule has 0 heterocycles. The van der Waals surface area contributed by atoms with E-state index in [2.05, 4.69) is 19.2 Å². The summed E-state index contributed by atoms with van der Waals surface area (Å²) >= 11 is 0. The van der Waals surface area contributed by atoms with Crippen molar-refractivity contribution in [2.75, 3.05) is 6.54 Å². The molecular formula is C15H30N2O3. The van der Waals surface area contributed by atoms with E-state index in [-0.39, 0.29) is 25.0 Å². The molecule has 0 radical (unpaired) electrons. The van der Waals surface area contributed by atoms with Crippen LogP contribution in [-0.2, 0) is 4.79 Å². The molecule has 0 rings (SSSR count). The zero-order valence-electron chi connectivity index (χ0n) is 13.7. The van der Waals surface area contributed by atoms with Gasteiger partial charge in [-0.2, -0.15) is 0 Å². The molecule has 0 aromatic carbocycles. The standard InChI is InChI=1S/C15H30N2O3/c1-11(2)7-8-12(3)16-14(20)17(15(4,5)6)10-9-13(18)19/h11-12H,7-10H2,1-6H3,(H,16,20)(H,18,19). The number of carboxylic acids is 1. The van der Waals surface area contributed by atoms with Gasteiger partial charge in [-0.25, -0.2) is 4.79 Å². The van der Waals surface area contributed by atoms with Crippen LogP contribution in [0.3, 0.4) is 0 Å². The summed E-state index contributed by atoms with van der Waals surface area (Å²) < 4.78 is 0. The van der Waals surface area contributed by atoms with E-state index in [0.717, 1.165) is 12.8 Å². The Kier molecular flexibility index (Phi) is 7.61. The van der Waals surface area contributed by atoms with E-state index in [1.807, 2.05) is 27.7 Å². The van der Waals surface area contributed by atoms with Crippen LogP contribution >= 0.6 is 0 Å². The van der Waals surface area contributed by atoms with E-state index in [1.54, 1.807) is 4.90 Å². The Balaban J connectivity index is 4.51. The number of carbonyl (C=O) groups excluding carboxylic acids is 1. The van der Waals surface area contributed by atoms with Crippen molar-refractivity contribution in [3.05, 3.63) is 0 Å². The molecule has 2 amide bonds. The monoisotopic (exact) mass is 286 g/mol. The molecule has 5 heteroatoms. The van der Waals surface area contributed by atoms with Gasteiger partial charge in [0.2, 0.25) is 0 Å². The summed E-state index contributed by atoms with van der Waals surface area (Å²) in [5.74, 6) is -0.278. The van der Waals surface area contributed by atoms with Crippen molar-refractivity contribution in [2.45, 2.75) is 72.4 Å². The Morgan fingerprint density at radius 1 is 1.15 bits per heavy atom. The SMILES string of the molecule is CC(C)CCC(C)NC(=O)N(CCC(=O)O)C(C)(C)C. The second-order valence-electron chi connectivity index (χ2n) is 6.79. The lowest BCUT2D eigenvalue weighted by atomic mass is 10.0. The number of nitrogens with one attached hydrogen (secondary N) is 1. The Hall–Kier alpha value is -1.26. The van der Waals surface area contributed by atoms with Gasteiger partial charge < -0.3 is 15.3 Å². The second kappa shape index (κ2) is 8.12. The van der Waals surface area contributed by atoms with Gasteiger partial charge >= 0.3 is 12.0 Å². The van der Waals surface area contributed by atoms with E-state index in [0.29, 0.717) is 5.92 Å². The topological polar surface area (TPSA) is 69.6 Å². The molecule has 0 saturated carbocycles. The maximum atomic E-state index is 12.3. The first-order chi connectivity index (χ1) is 9.04. The summed E-state index contributed by atoms with van der Waals surface area (Å²) in [6.45, 7) is 12.2. The lowest BCUT2D eigenvalue weighted by Gasteiger charge is -2.36. The molecule has 2 N–H and O–H groups in total. The van der Waals surface area contributed by atoms with Crippen LogP contribution in [-0.4, -0.2) is 40.1 Å². The normalized spacial score (nSPS) is 13.2. The maximum absolute atomic E-state index is 12.3. The highest BCUT2D eigenvalue weighted by atomic mass is 16.4. The molecule has 1 unspecified atom stereocenters. The molecule has 5 nitrogen and oxygen atoms in total. The first-order valence-electron chi connectivity index (χ1n) is 7.34. The van der Waals surface area contributed by atoms with Crippen molar-refractivity contribution < 1.29 is 14.7 Å². The number of carboxylic acid groups (broad SMARTS) is 1. The molecule has 118 valence electrons. The summed E-state index contributed by atoms with van der Waals surface area (Å²) in [7, 11) is 0. The summed E-state index contributed by atoms with van der Waals surface area (Å²) in [6.07, 6.45) is 1.96. The van der Waals surface area contributed by atoms with Crippen LogP contribution in [0, 0.1) is 5.92 Å². The van der Waals surface area contributed by atoms with Crippen molar-refractivity contribution in [1.82, 2.24) is 10.2 Å². The van der Waals surface area contributed by atoms with Crippen molar-refractivity contribution in [1.29, 1.82) is 0 Å². The van der Waals surface area contributed by atoms with Gasteiger partial charge in [0, 0.05) is 18.1 Å². The van der Waals surface area contributed by atoms with Gasteiger partial charge in [-0.1, -0.05) is 13.8 Å². The van der Waals surface area contributed by atoms with Crippen LogP contribution in [0.5, 0.6) is 0 Å². The third-order valence-electron chi connectivity index (χ3n) is 3.15. The van der Waals surface area contributed by atoms with Crippen LogP contribution in [0.4, 0.5) is 4.79 Å². The van der Waals surface area contributed by atoms with Crippen molar-refractivity contribution >= 4 is 12.0 Å². The third-order valence-corrected chi connectivity index (χ3v) is 3.15.